The molecule has 3 rings (SSSR count). The van der Waals surface area contributed by atoms with Crippen LogP contribution in [0.3, 0.4) is 0 Å². The topological polar surface area (TPSA) is 55.8 Å². The smallest absolute Gasteiger partial charge is 0.246 e. The summed E-state index contributed by atoms with van der Waals surface area (Å²) in [5, 5.41) is 0. The summed E-state index contributed by atoms with van der Waals surface area (Å²) in [6.45, 7) is 4.05. The number of nitrogens with zero attached hydrogens (tertiary/aromatic N) is 1. The van der Waals surface area contributed by atoms with Gasteiger partial charge in [0.05, 0.1) is 13.2 Å². The van der Waals surface area contributed by atoms with Crippen molar-refractivity contribution in [3.8, 4) is 5.75 Å². The Labute approximate surface area is 136 Å². The van der Waals surface area contributed by atoms with Crippen molar-refractivity contribution in [2.45, 2.75) is 29.6 Å². The van der Waals surface area contributed by atoms with E-state index in [4.69, 9.17) is 9.47 Å². The first-order chi connectivity index (χ1) is 10.6. The van der Waals surface area contributed by atoms with E-state index >= 15 is 0 Å². The lowest BCUT2D eigenvalue weighted by atomic mass is 10.1. The van der Waals surface area contributed by atoms with Gasteiger partial charge in [-0.15, -0.1) is 11.8 Å². The molecule has 0 N–H and O–H groups in total. The van der Waals surface area contributed by atoms with E-state index in [1.165, 1.54) is 0 Å². The summed E-state index contributed by atoms with van der Waals surface area (Å²) in [6, 6.07) is 6.85. The van der Waals surface area contributed by atoms with Crippen LogP contribution < -0.4 is 4.74 Å². The normalized spacial score (nSPS) is 22.0. The summed E-state index contributed by atoms with van der Waals surface area (Å²) >= 11 is 1.82. The van der Waals surface area contributed by atoms with Crippen LogP contribution in [0.25, 0.3) is 0 Å². The Morgan fingerprint density at radius 3 is 2.68 bits per heavy atom. The molecule has 2 saturated heterocycles. The standard InChI is InChI=1S/C15H21NO4S2/c1-2-19-13-5-3-4-6-14(13)22(17,18)16-9-7-15(8-10-16)20-11-12-21-15/h3-6H,2,7-12H2,1H3. The molecule has 2 heterocycles. The van der Waals surface area contributed by atoms with Gasteiger partial charge >= 0.3 is 0 Å². The number of hydrogen-bond acceptors (Lipinski definition) is 5. The lowest BCUT2D eigenvalue weighted by Crippen LogP contribution is -2.45. The molecule has 0 atom stereocenters. The minimum Gasteiger partial charge on any atom is -0.492 e. The van der Waals surface area contributed by atoms with Gasteiger partial charge in [-0.3, -0.25) is 0 Å². The number of ether oxygens (including phenoxy) is 2. The van der Waals surface area contributed by atoms with Crippen LogP contribution in [0.1, 0.15) is 19.8 Å². The molecule has 7 heteroatoms. The van der Waals surface area contributed by atoms with Crippen LogP contribution in [-0.4, -0.2) is 49.7 Å². The van der Waals surface area contributed by atoms with Gasteiger partial charge in [0.15, 0.2) is 0 Å². The first kappa shape index (κ1) is 16.1. The number of piperidine rings is 1. The van der Waals surface area contributed by atoms with Gasteiger partial charge in [0.1, 0.15) is 15.6 Å². The van der Waals surface area contributed by atoms with Gasteiger partial charge in [-0.2, -0.15) is 4.31 Å². The van der Waals surface area contributed by atoms with Gasteiger partial charge in [0, 0.05) is 18.8 Å². The molecule has 5 nitrogen and oxygen atoms in total. The number of hydrogen-bond donors (Lipinski definition) is 0. The number of thioether (sulfide) groups is 1. The van der Waals surface area contributed by atoms with E-state index in [1.54, 1.807) is 28.6 Å². The van der Waals surface area contributed by atoms with Crippen LogP contribution in [0.5, 0.6) is 5.75 Å². The van der Waals surface area contributed by atoms with Crippen molar-refractivity contribution in [3.63, 3.8) is 0 Å². The molecule has 0 radical (unpaired) electrons. The minimum absolute atomic E-state index is 0.161. The SMILES string of the molecule is CCOc1ccccc1S(=O)(=O)N1CCC2(CC1)OCCS2. The van der Waals surface area contributed by atoms with Gasteiger partial charge in [-0.05, 0) is 31.9 Å². The molecule has 2 fully saturated rings. The van der Waals surface area contributed by atoms with E-state index in [0.29, 0.717) is 25.4 Å². The zero-order valence-electron chi connectivity index (χ0n) is 12.7. The Hall–Kier alpha value is -0.760. The Morgan fingerprint density at radius 2 is 2.05 bits per heavy atom. The van der Waals surface area contributed by atoms with Gasteiger partial charge < -0.3 is 9.47 Å². The molecular weight excluding hydrogens is 322 g/mol. The molecular formula is C15H21NO4S2. The summed E-state index contributed by atoms with van der Waals surface area (Å²) in [5.74, 6) is 1.43. The third-order valence-corrected chi connectivity index (χ3v) is 7.43. The van der Waals surface area contributed by atoms with Crippen LogP contribution in [0, 0.1) is 0 Å². The maximum Gasteiger partial charge on any atom is 0.246 e. The van der Waals surface area contributed by atoms with Crippen LogP contribution in [-0.2, 0) is 14.8 Å². The van der Waals surface area contributed by atoms with Crippen molar-refractivity contribution in [1.29, 1.82) is 0 Å². The van der Waals surface area contributed by atoms with Crippen molar-refractivity contribution in [2.75, 3.05) is 32.1 Å². The summed E-state index contributed by atoms with van der Waals surface area (Å²) in [5.41, 5.74) is 0. The highest BCUT2D eigenvalue weighted by Crippen LogP contribution is 2.42. The van der Waals surface area contributed by atoms with Crippen LogP contribution >= 0.6 is 11.8 Å². The van der Waals surface area contributed by atoms with E-state index in [9.17, 15) is 8.42 Å². The maximum atomic E-state index is 12.9. The molecule has 2 aliphatic rings. The lowest BCUT2D eigenvalue weighted by molar-refractivity contribution is 0.0161. The largest absolute Gasteiger partial charge is 0.492 e. The quantitative estimate of drug-likeness (QED) is 0.840. The molecule has 1 spiro atoms. The third-order valence-electron chi connectivity index (χ3n) is 4.06. The summed E-state index contributed by atoms with van der Waals surface area (Å²) in [6.07, 6.45) is 1.49. The third kappa shape index (κ3) is 2.99. The van der Waals surface area contributed by atoms with Gasteiger partial charge in [-0.1, -0.05) is 12.1 Å². The number of benzene rings is 1. The fourth-order valence-electron chi connectivity index (χ4n) is 2.93. The first-order valence-electron chi connectivity index (χ1n) is 7.57. The molecule has 0 saturated carbocycles. The Morgan fingerprint density at radius 1 is 1.32 bits per heavy atom. The van der Waals surface area contributed by atoms with Crippen molar-refractivity contribution in [2.24, 2.45) is 0 Å². The average Bonchev–Trinajstić information content (AvgIpc) is 2.97. The molecule has 0 bridgehead atoms. The van der Waals surface area contributed by atoms with Crippen molar-refractivity contribution >= 4 is 21.8 Å². The summed E-state index contributed by atoms with van der Waals surface area (Å²) in [4.78, 5) is 0.0960. The van der Waals surface area contributed by atoms with Crippen LogP contribution in [0.15, 0.2) is 29.2 Å². The second-order valence-corrected chi connectivity index (χ2v) is 8.74. The zero-order valence-corrected chi connectivity index (χ0v) is 14.3. The molecule has 0 aromatic heterocycles. The van der Waals surface area contributed by atoms with E-state index in [2.05, 4.69) is 0 Å². The molecule has 1 aromatic rings. The molecule has 0 aliphatic carbocycles. The predicted octanol–water partition coefficient (Wildman–Crippen LogP) is 2.33. The Bertz CT molecular complexity index is 616. The van der Waals surface area contributed by atoms with Gasteiger partial charge in [-0.25, -0.2) is 8.42 Å². The molecule has 2 aliphatic heterocycles. The molecule has 0 amide bonds. The molecule has 0 unspecified atom stereocenters. The Balaban J connectivity index is 1.79. The van der Waals surface area contributed by atoms with Crippen LogP contribution in [0.4, 0.5) is 0 Å². The van der Waals surface area contributed by atoms with Crippen molar-refractivity contribution in [3.05, 3.63) is 24.3 Å². The highest BCUT2D eigenvalue weighted by atomic mass is 32.2. The molecule has 122 valence electrons. The number of para-hydroxylation sites is 1. The van der Waals surface area contributed by atoms with E-state index < -0.39 is 10.0 Å². The zero-order chi connectivity index (χ0) is 15.6. The first-order valence-corrected chi connectivity index (χ1v) is 10.00. The molecule has 22 heavy (non-hydrogen) atoms. The number of rotatable bonds is 4. The highest BCUT2D eigenvalue weighted by molar-refractivity contribution is 8.00. The van der Waals surface area contributed by atoms with Crippen LogP contribution in [0.2, 0.25) is 0 Å². The lowest BCUT2D eigenvalue weighted by Gasteiger charge is -2.37. The fraction of sp³-hybridized carbons (Fsp3) is 0.600. The van der Waals surface area contributed by atoms with Crippen molar-refractivity contribution in [1.82, 2.24) is 4.31 Å². The second kappa shape index (κ2) is 6.39. The summed E-state index contributed by atoms with van der Waals surface area (Å²) in [7, 11) is -3.52. The summed E-state index contributed by atoms with van der Waals surface area (Å²) < 4.78 is 38.6. The van der Waals surface area contributed by atoms with E-state index in [-0.39, 0.29) is 9.83 Å². The predicted molar refractivity (Wildman–Crippen MR) is 86.7 cm³/mol. The Kier molecular flexibility index (Phi) is 4.68. The van der Waals surface area contributed by atoms with Gasteiger partial charge in [0.2, 0.25) is 10.0 Å². The van der Waals surface area contributed by atoms with Gasteiger partial charge in [0.25, 0.3) is 0 Å². The van der Waals surface area contributed by atoms with Crippen molar-refractivity contribution < 1.29 is 17.9 Å². The average molecular weight is 343 g/mol. The molecule has 1 aromatic carbocycles. The minimum atomic E-state index is -3.52. The van der Waals surface area contributed by atoms with E-state index in [1.807, 2.05) is 18.7 Å². The fourth-order valence-corrected chi connectivity index (χ4v) is 5.68. The number of sulfonamides is 1. The monoisotopic (exact) mass is 343 g/mol. The maximum absolute atomic E-state index is 12.9. The highest BCUT2D eigenvalue weighted by Gasteiger charge is 2.42. The second-order valence-electron chi connectivity index (χ2n) is 5.39. The van der Waals surface area contributed by atoms with E-state index in [0.717, 1.165) is 25.2 Å².